The first-order valence-corrected chi connectivity index (χ1v) is 9.69. The summed E-state index contributed by atoms with van der Waals surface area (Å²) in [4.78, 5) is 31.0. The Morgan fingerprint density at radius 2 is 1.87 bits per heavy atom. The van der Waals surface area contributed by atoms with E-state index >= 15 is 0 Å². The molecule has 5 aromatic rings. The summed E-state index contributed by atoms with van der Waals surface area (Å²) in [5.74, 6) is 0.521. The molecule has 0 fully saturated rings. The van der Waals surface area contributed by atoms with Crippen molar-refractivity contribution in [1.29, 1.82) is 0 Å². The molecule has 1 N–H and O–H groups in total. The van der Waals surface area contributed by atoms with Crippen molar-refractivity contribution in [3.63, 3.8) is 0 Å². The van der Waals surface area contributed by atoms with Gasteiger partial charge in [0.2, 0.25) is 0 Å². The Balaban J connectivity index is 1.69. The van der Waals surface area contributed by atoms with Crippen LogP contribution in [0.3, 0.4) is 0 Å². The van der Waals surface area contributed by atoms with Crippen LogP contribution < -0.4 is 10.9 Å². The van der Waals surface area contributed by atoms with E-state index in [4.69, 9.17) is 4.98 Å². The minimum Gasteiger partial charge on any atom is -0.358 e. The molecule has 8 nitrogen and oxygen atoms in total. The number of para-hydroxylation sites is 1. The summed E-state index contributed by atoms with van der Waals surface area (Å²) in [6.07, 6.45) is 3.12. The Hall–Kier alpha value is -4.14. The molecular weight excluding hydrogens is 397 g/mol. The molecule has 3 aromatic heterocycles. The average Bonchev–Trinajstić information content (AvgIpc) is 3.16. The average molecular weight is 415 g/mol. The normalized spacial score (nSPS) is 12.4. The maximum Gasteiger partial charge on any atom is 0.266 e. The molecular formula is C22H18FN7O. The molecule has 1 atom stereocenters. The van der Waals surface area contributed by atoms with Gasteiger partial charge in [0.1, 0.15) is 23.5 Å². The van der Waals surface area contributed by atoms with E-state index in [2.05, 4.69) is 20.3 Å². The summed E-state index contributed by atoms with van der Waals surface area (Å²) in [7, 11) is 1.85. The Kier molecular flexibility index (Phi) is 4.43. The number of anilines is 1. The molecule has 0 saturated carbocycles. The predicted octanol–water partition coefficient (Wildman–Crippen LogP) is 3.37. The molecule has 0 saturated heterocycles. The Morgan fingerprint density at radius 1 is 1.06 bits per heavy atom. The summed E-state index contributed by atoms with van der Waals surface area (Å²) in [6.45, 7) is 1.88. The first-order chi connectivity index (χ1) is 15.0. The second kappa shape index (κ2) is 7.28. The lowest BCUT2D eigenvalue weighted by Gasteiger charge is -2.20. The molecule has 0 aliphatic carbocycles. The SMILES string of the molecule is C[C@H](Nc1ncnc2c1ncn2C)c1nc2ccc(F)cc2c(=O)n1-c1ccccc1. The van der Waals surface area contributed by atoms with Gasteiger partial charge >= 0.3 is 0 Å². The van der Waals surface area contributed by atoms with Crippen molar-refractivity contribution in [3.05, 3.63) is 83.2 Å². The van der Waals surface area contributed by atoms with Gasteiger partial charge in [0, 0.05) is 7.05 Å². The number of benzene rings is 2. The highest BCUT2D eigenvalue weighted by molar-refractivity contribution is 5.83. The number of rotatable bonds is 4. The number of nitrogens with one attached hydrogen (secondary N) is 1. The molecule has 0 aliphatic heterocycles. The standard InChI is InChI=1S/C22H18FN7O/c1-13(27-19-18-21(25-11-24-19)29(2)12-26-18)20-28-17-9-8-14(23)10-16(17)22(31)30(20)15-6-4-3-5-7-15/h3-13H,1-2H3,(H,24,25,27)/t13-/m0/s1. The smallest absolute Gasteiger partial charge is 0.266 e. The van der Waals surface area contributed by atoms with Crippen LogP contribution in [0, 0.1) is 5.82 Å². The molecule has 0 unspecified atom stereocenters. The Labute approximate surface area is 176 Å². The fraction of sp³-hybridized carbons (Fsp3) is 0.136. The van der Waals surface area contributed by atoms with E-state index in [1.165, 1.54) is 29.1 Å². The molecule has 2 aromatic carbocycles. The lowest BCUT2D eigenvalue weighted by molar-refractivity contribution is 0.629. The zero-order valence-electron chi connectivity index (χ0n) is 16.8. The molecule has 31 heavy (non-hydrogen) atoms. The van der Waals surface area contributed by atoms with E-state index in [9.17, 15) is 9.18 Å². The van der Waals surface area contributed by atoms with Crippen molar-refractivity contribution < 1.29 is 4.39 Å². The van der Waals surface area contributed by atoms with Gasteiger partial charge in [-0.1, -0.05) is 18.2 Å². The van der Waals surface area contributed by atoms with E-state index in [1.807, 2.05) is 44.3 Å². The van der Waals surface area contributed by atoms with E-state index in [0.29, 0.717) is 34.0 Å². The van der Waals surface area contributed by atoms with Gasteiger partial charge in [-0.25, -0.2) is 24.3 Å². The molecule has 154 valence electrons. The van der Waals surface area contributed by atoms with Gasteiger partial charge in [-0.05, 0) is 37.3 Å². The molecule has 0 radical (unpaired) electrons. The van der Waals surface area contributed by atoms with Crippen LogP contribution >= 0.6 is 0 Å². The van der Waals surface area contributed by atoms with E-state index < -0.39 is 11.9 Å². The number of hydrogen-bond acceptors (Lipinski definition) is 6. The highest BCUT2D eigenvalue weighted by Crippen LogP contribution is 2.24. The van der Waals surface area contributed by atoms with Crippen molar-refractivity contribution >= 4 is 27.9 Å². The van der Waals surface area contributed by atoms with Crippen LogP contribution in [0.1, 0.15) is 18.8 Å². The number of imidazole rings is 1. The summed E-state index contributed by atoms with van der Waals surface area (Å²) in [5, 5.41) is 3.52. The first kappa shape index (κ1) is 18.9. The summed E-state index contributed by atoms with van der Waals surface area (Å²) < 4.78 is 17.1. The molecule has 0 bridgehead atoms. The van der Waals surface area contributed by atoms with Crippen LogP contribution in [0.2, 0.25) is 0 Å². The van der Waals surface area contributed by atoms with E-state index in [-0.39, 0.29) is 10.9 Å². The third-order valence-electron chi connectivity index (χ3n) is 5.11. The number of fused-ring (bicyclic) bond motifs is 2. The number of nitrogens with zero attached hydrogens (tertiary/aromatic N) is 6. The van der Waals surface area contributed by atoms with Gasteiger partial charge in [-0.15, -0.1) is 0 Å². The zero-order chi connectivity index (χ0) is 21.5. The fourth-order valence-corrected chi connectivity index (χ4v) is 3.61. The van der Waals surface area contributed by atoms with Crippen molar-refractivity contribution in [2.45, 2.75) is 13.0 Å². The lowest BCUT2D eigenvalue weighted by atomic mass is 10.2. The minimum atomic E-state index is -0.483. The highest BCUT2D eigenvalue weighted by Gasteiger charge is 2.20. The van der Waals surface area contributed by atoms with Crippen LogP contribution in [0.4, 0.5) is 10.2 Å². The topological polar surface area (TPSA) is 90.5 Å². The third-order valence-corrected chi connectivity index (χ3v) is 5.11. The maximum absolute atomic E-state index is 13.8. The fourth-order valence-electron chi connectivity index (χ4n) is 3.61. The second-order valence-electron chi connectivity index (χ2n) is 7.22. The van der Waals surface area contributed by atoms with Crippen LogP contribution in [0.5, 0.6) is 0 Å². The largest absolute Gasteiger partial charge is 0.358 e. The van der Waals surface area contributed by atoms with Crippen molar-refractivity contribution in [1.82, 2.24) is 29.1 Å². The summed E-state index contributed by atoms with van der Waals surface area (Å²) in [5.41, 5.74) is 2.03. The Morgan fingerprint density at radius 3 is 2.68 bits per heavy atom. The minimum absolute atomic E-state index is 0.217. The van der Waals surface area contributed by atoms with Gasteiger partial charge in [0.05, 0.1) is 29.0 Å². The number of halogens is 1. The monoisotopic (exact) mass is 415 g/mol. The number of aryl methyl sites for hydroxylation is 1. The predicted molar refractivity (Wildman–Crippen MR) is 116 cm³/mol. The zero-order valence-corrected chi connectivity index (χ0v) is 16.8. The number of aromatic nitrogens is 6. The molecule has 5 rings (SSSR count). The quantitative estimate of drug-likeness (QED) is 0.484. The van der Waals surface area contributed by atoms with Crippen molar-refractivity contribution in [2.75, 3.05) is 5.32 Å². The van der Waals surface area contributed by atoms with E-state index in [1.54, 1.807) is 10.9 Å². The van der Waals surface area contributed by atoms with Crippen LogP contribution in [-0.2, 0) is 7.05 Å². The molecule has 9 heteroatoms. The van der Waals surface area contributed by atoms with Gasteiger partial charge in [-0.3, -0.25) is 9.36 Å². The molecule has 3 heterocycles. The summed E-state index contributed by atoms with van der Waals surface area (Å²) >= 11 is 0. The van der Waals surface area contributed by atoms with Crippen molar-refractivity contribution in [2.24, 2.45) is 7.05 Å². The highest BCUT2D eigenvalue weighted by atomic mass is 19.1. The maximum atomic E-state index is 13.8. The van der Waals surface area contributed by atoms with Gasteiger partial charge in [-0.2, -0.15) is 0 Å². The van der Waals surface area contributed by atoms with E-state index in [0.717, 1.165) is 0 Å². The molecule has 0 aliphatic rings. The van der Waals surface area contributed by atoms with Gasteiger partial charge < -0.3 is 9.88 Å². The second-order valence-corrected chi connectivity index (χ2v) is 7.22. The van der Waals surface area contributed by atoms with Crippen LogP contribution in [0.25, 0.3) is 27.8 Å². The summed E-state index contributed by atoms with van der Waals surface area (Å²) in [6, 6.07) is 12.8. The van der Waals surface area contributed by atoms with Crippen LogP contribution in [-0.4, -0.2) is 29.1 Å². The molecule has 0 amide bonds. The third kappa shape index (κ3) is 3.20. The lowest BCUT2D eigenvalue weighted by Crippen LogP contribution is -2.27. The van der Waals surface area contributed by atoms with Crippen molar-refractivity contribution in [3.8, 4) is 5.69 Å². The van der Waals surface area contributed by atoms with Gasteiger partial charge in [0.15, 0.2) is 11.5 Å². The number of hydrogen-bond donors (Lipinski definition) is 1. The van der Waals surface area contributed by atoms with Gasteiger partial charge in [0.25, 0.3) is 5.56 Å². The van der Waals surface area contributed by atoms with Crippen LogP contribution in [0.15, 0.2) is 66.0 Å². The first-order valence-electron chi connectivity index (χ1n) is 9.69. The molecule has 0 spiro atoms. The Bertz CT molecular complexity index is 1480.